The number of fused-ring (bicyclic) bond motifs is 1. The van der Waals surface area contributed by atoms with E-state index in [0.717, 1.165) is 50.6 Å². The number of amides is 1. The summed E-state index contributed by atoms with van der Waals surface area (Å²) in [7, 11) is 4.03. The van der Waals surface area contributed by atoms with Gasteiger partial charge < -0.3 is 20.9 Å². The third-order valence-electron chi connectivity index (χ3n) is 6.16. The quantitative estimate of drug-likeness (QED) is 0.233. The Bertz CT molecular complexity index is 1620. The van der Waals surface area contributed by atoms with E-state index in [4.69, 9.17) is 0 Å². The van der Waals surface area contributed by atoms with Crippen LogP contribution in [0.5, 0.6) is 0 Å². The molecule has 1 aromatic heterocycles. The summed E-state index contributed by atoms with van der Waals surface area (Å²) >= 11 is 0. The maximum atomic E-state index is 12.9. The molecule has 3 N–H and O–H groups in total. The molecule has 1 heterocycles. The van der Waals surface area contributed by atoms with E-state index in [1.165, 1.54) is 0 Å². The Morgan fingerprint density at radius 2 is 1.68 bits per heavy atom. The van der Waals surface area contributed by atoms with Crippen molar-refractivity contribution >= 4 is 45.2 Å². The predicted molar refractivity (Wildman–Crippen MR) is 158 cm³/mol. The summed E-state index contributed by atoms with van der Waals surface area (Å²) in [6, 6.07) is 23.3. The van der Waals surface area contributed by atoms with Gasteiger partial charge in [0.25, 0.3) is 5.91 Å². The van der Waals surface area contributed by atoms with Crippen LogP contribution in [0.2, 0.25) is 0 Å². The number of nitrogens with one attached hydrogen (secondary N) is 3. The second kappa shape index (κ2) is 10.9. The zero-order chi connectivity index (χ0) is 26.5. The number of nitrogens with zero attached hydrogens (tertiary/aromatic N) is 2. The summed E-state index contributed by atoms with van der Waals surface area (Å²) in [6.45, 7) is 2.00. The average molecular weight is 500 g/mol. The first-order chi connectivity index (χ1) is 18.4. The van der Waals surface area contributed by atoms with Gasteiger partial charge in [-0.05, 0) is 104 Å². The van der Waals surface area contributed by atoms with Crippen molar-refractivity contribution in [1.82, 2.24) is 4.98 Å². The van der Waals surface area contributed by atoms with E-state index in [0.29, 0.717) is 5.56 Å². The standard InChI is InChI=1S/C32H29N5O/c1-22-6-4-8-24(11-10-22)34-27-9-5-7-23(20-27)32(38)36-26-14-12-25(13-15-26)35-30-18-19-33-31-21-28(37(2)3)16-17-29(30)31/h4-5,7-21,34H,1-3H3,(H,33,35)(H,36,38). The molecule has 0 spiro atoms. The van der Waals surface area contributed by atoms with Crippen LogP contribution in [-0.4, -0.2) is 25.0 Å². The van der Waals surface area contributed by atoms with Gasteiger partial charge in [-0.2, -0.15) is 0 Å². The molecule has 4 aromatic rings. The van der Waals surface area contributed by atoms with Gasteiger partial charge in [-0.15, -0.1) is 5.73 Å². The van der Waals surface area contributed by atoms with Crippen molar-refractivity contribution in [2.45, 2.75) is 6.92 Å². The maximum Gasteiger partial charge on any atom is 0.255 e. The van der Waals surface area contributed by atoms with Crippen molar-refractivity contribution in [3.05, 3.63) is 126 Å². The van der Waals surface area contributed by atoms with Crippen LogP contribution in [-0.2, 0) is 0 Å². The van der Waals surface area contributed by atoms with Crippen molar-refractivity contribution in [3.63, 3.8) is 0 Å². The van der Waals surface area contributed by atoms with Crippen LogP contribution in [0.25, 0.3) is 10.9 Å². The number of benzene rings is 3. The minimum atomic E-state index is -0.172. The van der Waals surface area contributed by atoms with E-state index in [9.17, 15) is 4.79 Å². The monoisotopic (exact) mass is 499 g/mol. The van der Waals surface area contributed by atoms with Gasteiger partial charge in [0.05, 0.1) is 5.52 Å². The van der Waals surface area contributed by atoms with Crippen molar-refractivity contribution < 1.29 is 4.79 Å². The topological polar surface area (TPSA) is 69.3 Å². The summed E-state index contributed by atoms with van der Waals surface area (Å²) < 4.78 is 0. The zero-order valence-corrected chi connectivity index (χ0v) is 21.6. The average Bonchev–Trinajstić information content (AvgIpc) is 3.13. The molecule has 6 nitrogen and oxygen atoms in total. The van der Waals surface area contributed by atoms with E-state index in [1.54, 1.807) is 12.3 Å². The number of rotatable bonds is 7. The van der Waals surface area contributed by atoms with E-state index in [-0.39, 0.29) is 5.91 Å². The smallest absolute Gasteiger partial charge is 0.255 e. The second-order valence-electron chi connectivity index (χ2n) is 9.27. The van der Waals surface area contributed by atoms with E-state index >= 15 is 0 Å². The highest BCUT2D eigenvalue weighted by Crippen LogP contribution is 2.28. The van der Waals surface area contributed by atoms with Crippen LogP contribution < -0.4 is 20.9 Å². The minimum Gasteiger partial charge on any atom is -0.378 e. The van der Waals surface area contributed by atoms with E-state index in [1.807, 2.05) is 93.9 Å². The molecule has 6 heteroatoms. The number of carbonyl (C=O) groups excluding carboxylic acids is 1. The van der Waals surface area contributed by atoms with Gasteiger partial charge in [-0.25, -0.2) is 0 Å². The molecule has 1 aliphatic rings. The predicted octanol–water partition coefficient (Wildman–Crippen LogP) is 7.26. The van der Waals surface area contributed by atoms with Gasteiger partial charge in [0, 0.05) is 65.4 Å². The Morgan fingerprint density at radius 3 is 2.50 bits per heavy atom. The molecule has 0 unspecified atom stereocenters. The molecule has 0 bridgehead atoms. The molecule has 0 atom stereocenters. The third kappa shape index (κ3) is 5.84. The van der Waals surface area contributed by atoms with Crippen molar-refractivity contribution in [2.75, 3.05) is 34.9 Å². The lowest BCUT2D eigenvalue weighted by atomic mass is 10.1. The summed E-state index contributed by atoms with van der Waals surface area (Å²) in [4.78, 5) is 19.5. The molecule has 0 saturated carbocycles. The number of pyridine rings is 1. The van der Waals surface area contributed by atoms with Gasteiger partial charge >= 0.3 is 0 Å². The Balaban J connectivity index is 1.25. The van der Waals surface area contributed by atoms with E-state index < -0.39 is 0 Å². The first-order valence-electron chi connectivity index (χ1n) is 12.4. The van der Waals surface area contributed by atoms with Crippen molar-refractivity contribution in [1.29, 1.82) is 0 Å². The molecule has 0 aliphatic heterocycles. The first-order valence-corrected chi connectivity index (χ1v) is 12.4. The number of aromatic nitrogens is 1. The normalized spacial score (nSPS) is 12.4. The number of hydrogen-bond donors (Lipinski definition) is 3. The molecule has 0 fully saturated rings. The van der Waals surface area contributed by atoms with Crippen LogP contribution in [0.4, 0.5) is 28.4 Å². The summed E-state index contributed by atoms with van der Waals surface area (Å²) in [5.74, 6) is -0.172. The molecular formula is C32H29N5O. The lowest BCUT2D eigenvalue weighted by Gasteiger charge is -2.15. The molecule has 3 aromatic carbocycles. The zero-order valence-electron chi connectivity index (χ0n) is 21.6. The number of allylic oxidation sites excluding steroid dienone is 4. The fourth-order valence-electron chi connectivity index (χ4n) is 4.09. The Morgan fingerprint density at radius 1 is 0.868 bits per heavy atom. The van der Waals surface area contributed by atoms with Gasteiger partial charge in [0.2, 0.25) is 0 Å². The fourth-order valence-corrected chi connectivity index (χ4v) is 4.09. The summed E-state index contributed by atoms with van der Waals surface area (Å²) in [5.41, 5.74) is 11.2. The number of hydrogen-bond acceptors (Lipinski definition) is 5. The SMILES string of the molecule is CC1=C=CC=C(Nc2cccc(C(=O)Nc3ccc(Nc4ccnc5cc(N(C)C)ccc45)cc3)c2)C=C1. The second-order valence-corrected chi connectivity index (χ2v) is 9.27. The van der Waals surface area contributed by atoms with Crippen LogP contribution in [0.1, 0.15) is 17.3 Å². The Kier molecular flexibility index (Phi) is 7.07. The molecule has 5 rings (SSSR count). The Hall–Kier alpha value is -5.06. The Labute approximate surface area is 222 Å². The highest BCUT2D eigenvalue weighted by atomic mass is 16.1. The number of carbonyl (C=O) groups is 1. The molecule has 38 heavy (non-hydrogen) atoms. The molecule has 0 saturated heterocycles. The highest BCUT2D eigenvalue weighted by Gasteiger charge is 2.09. The lowest BCUT2D eigenvalue weighted by Crippen LogP contribution is -2.12. The molecule has 1 aliphatic carbocycles. The van der Waals surface area contributed by atoms with Crippen LogP contribution >= 0.6 is 0 Å². The molecule has 188 valence electrons. The lowest BCUT2D eigenvalue weighted by molar-refractivity contribution is 0.102. The molecule has 1 amide bonds. The number of anilines is 5. The van der Waals surface area contributed by atoms with Crippen LogP contribution in [0.3, 0.4) is 0 Å². The molecular weight excluding hydrogens is 470 g/mol. The fraction of sp³-hybridized carbons (Fsp3) is 0.0938. The summed E-state index contributed by atoms with van der Waals surface area (Å²) in [6.07, 6.45) is 9.62. The minimum absolute atomic E-state index is 0.172. The largest absolute Gasteiger partial charge is 0.378 e. The first kappa shape index (κ1) is 24.6. The van der Waals surface area contributed by atoms with Gasteiger partial charge in [-0.1, -0.05) is 6.07 Å². The van der Waals surface area contributed by atoms with Gasteiger partial charge in [-0.3, -0.25) is 9.78 Å². The van der Waals surface area contributed by atoms with Crippen LogP contribution in [0.15, 0.2) is 120 Å². The molecule has 0 radical (unpaired) electrons. The maximum absolute atomic E-state index is 12.9. The van der Waals surface area contributed by atoms with Gasteiger partial charge in [0.1, 0.15) is 0 Å². The van der Waals surface area contributed by atoms with Crippen molar-refractivity contribution in [2.24, 2.45) is 0 Å². The van der Waals surface area contributed by atoms with E-state index in [2.05, 4.69) is 49.8 Å². The highest BCUT2D eigenvalue weighted by molar-refractivity contribution is 6.05. The summed E-state index contributed by atoms with van der Waals surface area (Å²) in [5, 5.41) is 10.8. The third-order valence-corrected chi connectivity index (χ3v) is 6.16. The van der Waals surface area contributed by atoms with Crippen molar-refractivity contribution in [3.8, 4) is 0 Å². The van der Waals surface area contributed by atoms with Gasteiger partial charge in [0.15, 0.2) is 0 Å². The van der Waals surface area contributed by atoms with Crippen LogP contribution in [0, 0.1) is 0 Å².